The molecule has 0 aliphatic carbocycles. The summed E-state index contributed by atoms with van der Waals surface area (Å²) in [5.41, 5.74) is 10.8. The number of nitrogens with zero attached hydrogens (tertiary/aromatic N) is 5. The molecule has 0 amide bonds. The van der Waals surface area contributed by atoms with Crippen molar-refractivity contribution in [1.29, 1.82) is 5.26 Å². The Morgan fingerprint density at radius 2 is 0.839 bits per heavy atom. The molecule has 0 radical (unpaired) electrons. The summed E-state index contributed by atoms with van der Waals surface area (Å²) in [6.45, 7) is 0. The van der Waals surface area contributed by atoms with Crippen LogP contribution in [0.5, 0.6) is 0 Å². The molecule has 0 aliphatic heterocycles. The van der Waals surface area contributed by atoms with E-state index in [1.807, 2.05) is 72.9 Å². The highest BCUT2D eigenvalue weighted by molar-refractivity contribution is 6.23. The van der Waals surface area contributed by atoms with Crippen LogP contribution in [0.2, 0.25) is 0 Å². The second-order valence-electron chi connectivity index (χ2n) is 13.8. The van der Waals surface area contributed by atoms with Gasteiger partial charge >= 0.3 is 0 Å². The van der Waals surface area contributed by atoms with Crippen LogP contribution in [-0.4, -0.2) is 19.9 Å². The number of rotatable bonds is 6. The summed E-state index contributed by atoms with van der Waals surface area (Å²) in [5.74, 6) is 1.85. The van der Waals surface area contributed by atoms with Crippen molar-refractivity contribution in [2.24, 2.45) is 0 Å². The van der Waals surface area contributed by atoms with Gasteiger partial charge in [0.2, 0.25) is 0 Å². The molecule has 0 saturated heterocycles. The largest absolute Gasteiger partial charge is 0.256 e. The fraction of sp³-hybridized carbons (Fsp3) is 0. The Kier molecular flexibility index (Phi) is 8.13. The van der Waals surface area contributed by atoms with Crippen LogP contribution in [0.25, 0.3) is 100.0 Å². The Bertz CT molecular complexity index is 3110. The molecule has 2 aromatic heterocycles. The van der Waals surface area contributed by atoms with E-state index in [-0.39, 0.29) is 0 Å². The fourth-order valence-electron chi connectivity index (χ4n) is 7.63. The van der Waals surface area contributed by atoms with Crippen molar-refractivity contribution in [3.63, 3.8) is 0 Å². The molecule has 0 spiro atoms. The Morgan fingerprint density at radius 1 is 0.339 bits per heavy atom. The first-order chi connectivity index (χ1) is 27.7. The minimum atomic E-state index is 0.606. The molecule has 0 saturated carbocycles. The molecular formula is C51H31N5. The summed E-state index contributed by atoms with van der Waals surface area (Å²) in [6.07, 6.45) is 1.84. The SMILES string of the molecule is N#Cc1ccc(-c2cc3c4ccccc4c(-c4cccc(-c5nc(-c6ccccc6)nc(-c6ccc(-c7ccccc7)cc6)n5)c4)cc3c3cccnc23)cc1. The maximum atomic E-state index is 9.42. The Hall–Kier alpha value is -7.81. The van der Waals surface area contributed by atoms with E-state index in [9.17, 15) is 5.26 Å². The van der Waals surface area contributed by atoms with Crippen LogP contribution in [0.15, 0.2) is 188 Å². The Balaban J connectivity index is 1.13. The molecule has 0 fully saturated rings. The zero-order valence-corrected chi connectivity index (χ0v) is 30.1. The summed E-state index contributed by atoms with van der Waals surface area (Å²) in [4.78, 5) is 20.0. The van der Waals surface area contributed by atoms with Crippen molar-refractivity contribution in [3.8, 4) is 73.6 Å². The predicted molar refractivity (Wildman–Crippen MR) is 227 cm³/mol. The molecule has 0 bridgehead atoms. The monoisotopic (exact) mass is 713 g/mol. The Labute approximate surface area is 323 Å². The van der Waals surface area contributed by atoms with Gasteiger partial charge in [-0.25, -0.2) is 15.0 Å². The summed E-state index contributed by atoms with van der Waals surface area (Å²) >= 11 is 0. The topological polar surface area (TPSA) is 75.3 Å². The minimum absolute atomic E-state index is 0.606. The maximum absolute atomic E-state index is 9.42. The summed E-state index contributed by atoms with van der Waals surface area (Å²) in [5, 5.41) is 15.1. The third-order valence-electron chi connectivity index (χ3n) is 10.4. The molecule has 5 heteroatoms. The summed E-state index contributed by atoms with van der Waals surface area (Å²) < 4.78 is 0. The van der Waals surface area contributed by atoms with Crippen LogP contribution in [0.3, 0.4) is 0 Å². The van der Waals surface area contributed by atoms with Crippen molar-refractivity contribution in [2.45, 2.75) is 0 Å². The van der Waals surface area contributed by atoms with Crippen LogP contribution in [0.1, 0.15) is 5.56 Å². The zero-order valence-electron chi connectivity index (χ0n) is 30.1. The van der Waals surface area contributed by atoms with Gasteiger partial charge in [0, 0.05) is 33.8 Å². The average molecular weight is 714 g/mol. The lowest BCUT2D eigenvalue weighted by molar-refractivity contribution is 1.07. The van der Waals surface area contributed by atoms with Gasteiger partial charge in [0.1, 0.15) is 0 Å². The van der Waals surface area contributed by atoms with Gasteiger partial charge < -0.3 is 0 Å². The van der Waals surface area contributed by atoms with Gasteiger partial charge in [-0.05, 0) is 85.8 Å². The normalized spacial score (nSPS) is 11.2. The molecule has 56 heavy (non-hydrogen) atoms. The Morgan fingerprint density at radius 3 is 1.55 bits per heavy atom. The highest BCUT2D eigenvalue weighted by Crippen LogP contribution is 2.42. The van der Waals surface area contributed by atoms with E-state index in [1.54, 1.807) is 0 Å². The highest BCUT2D eigenvalue weighted by Gasteiger charge is 2.17. The molecule has 260 valence electrons. The molecule has 0 atom stereocenters. The average Bonchev–Trinajstić information content (AvgIpc) is 3.29. The van der Waals surface area contributed by atoms with Gasteiger partial charge in [-0.3, -0.25) is 4.98 Å². The lowest BCUT2D eigenvalue weighted by atomic mass is 9.88. The highest BCUT2D eigenvalue weighted by atomic mass is 15.0. The van der Waals surface area contributed by atoms with Crippen molar-refractivity contribution in [2.75, 3.05) is 0 Å². The smallest absolute Gasteiger partial charge is 0.164 e. The fourth-order valence-corrected chi connectivity index (χ4v) is 7.63. The summed E-state index contributed by atoms with van der Waals surface area (Å²) in [6, 6.07) is 64.6. The van der Waals surface area contributed by atoms with E-state index in [4.69, 9.17) is 19.9 Å². The van der Waals surface area contributed by atoms with Crippen LogP contribution >= 0.6 is 0 Å². The van der Waals surface area contributed by atoms with Crippen molar-refractivity contribution in [1.82, 2.24) is 19.9 Å². The van der Waals surface area contributed by atoms with E-state index >= 15 is 0 Å². The van der Waals surface area contributed by atoms with Gasteiger partial charge in [-0.1, -0.05) is 146 Å². The number of aromatic nitrogens is 4. The first kappa shape index (κ1) is 32.8. The van der Waals surface area contributed by atoms with Crippen LogP contribution < -0.4 is 0 Å². The van der Waals surface area contributed by atoms with Crippen molar-refractivity contribution < 1.29 is 0 Å². The minimum Gasteiger partial charge on any atom is -0.256 e. The lowest BCUT2D eigenvalue weighted by Gasteiger charge is -2.16. The zero-order chi connectivity index (χ0) is 37.4. The first-order valence-corrected chi connectivity index (χ1v) is 18.5. The van der Waals surface area contributed by atoms with E-state index in [0.29, 0.717) is 23.0 Å². The number of pyridine rings is 1. The number of hydrogen-bond donors (Lipinski definition) is 0. The predicted octanol–water partition coefficient (Wildman–Crippen LogP) is 12.6. The second-order valence-corrected chi connectivity index (χ2v) is 13.8. The van der Waals surface area contributed by atoms with Gasteiger partial charge in [0.15, 0.2) is 17.5 Å². The van der Waals surface area contributed by atoms with Crippen LogP contribution in [0, 0.1) is 11.3 Å². The van der Waals surface area contributed by atoms with E-state index < -0.39 is 0 Å². The molecule has 5 nitrogen and oxygen atoms in total. The first-order valence-electron chi connectivity index (χ1n) is 18.5. The summed E-state index contributed by atoms with van der Waals surface area (Å²) in [7, 11) is 0. The lowest BCUT2D eigenvalue weighted by Crippen LogP contribution is -2.00. The number of hydrogen-bond acceptors (Lipinski definition) is 5. The van der Waals surface area contributed by atoms with E-state index in [1.165, 1.54) is 0 Å². The van der Waals surface area contributed by atoms with Gasteiger partial charge in [0.25, 0.3) is 0 Å². The molecule has 10 aromatic rings. The quantitative estimate of drug-likeness (QED) is 0.160. The van der Waals surface area contributed by atoms with Crippen molar-refractivity contribution >= 4 is 32.4 Å². The standard InChI is InChI=1S/C51H31N5/c52-32-33-20-22-36(23-21-33)45-31-46-42-18-8-7-17-41(42)44(30-47(46)43-19-10-28-53-48(43)45)39-15-9-16-40(29-39)51-55-49(37-13-5-2-6-14-37)54-50(56-51)38-26-24-35(25-27-38)34-11-3-1-4-12-34/h1-31H. The third-order valence-corrected chi connectivity index (χ3v) is 10.4. The maximum Gasteiger partial charge on any atom is 0.164 e. The molecule has 2 heterocycles. The second kappa shape index (κ2) is 13.9. The third kappa shape index (κ3) is 5.92. The number of benzene rings is 8. The van der Waals surface area contributed by atoms with E-state index in [2.05, 4.69) is 121 Å². The number of fused-ring (bicyclic) bond motifs is 5. The molecule has 0 N–H and O–H groups in total. The van der Waals surface area contributed by atoms with Crippen molar-refractivity contribution in [3.05, 3.63) is 194 Å². The van der Waals surface area contributed by atoms with Gasteiger partial charge in [-0.2, -0.15) is 5.26 Å². The van der Waals surface area contributed by atoms with Gasteiger partial charge in [-0.15, -0.1) is 0 Å². The molecule has 0 aliphatic rings. The molecule has 8 aromatic carbocycles. The number of nitriles is 1. The van der Waals surface area contributed by atoms with Gasteiger partial charge in [0.05, 0.1) is 17.1 Å². The molecular weight excluding hydrogens is 683 g/mol. The van der Waals surface area contributed by atoms with E-state index in [0.717, 1.165) is 82.5 Å². The van der Waals surface area contributed by atoms with Crippen LogP contribution in [-0.2, 0) is 0 Å². The molecule has 10 rings (SSSR count). The van der Waals surface area contributed by atoms with Crippen LogP contribution in [0.4, 0.5) is 0 Å². The molecule has 0 unspecified atom stereocenters.